The number of benzene rings is 2. The third-order valence-electron chi connectivity index (χ3n) is 4.95. The molecule has 0 bridgehead atoms. The molecule has 3 aromatic rings. The van der Waals surface area contributed by atoms with Gasteiger partial charge < -0.3 is 9.73 Å². The molecule has 1 fully saturated rings. The van der Waals surface area contributed by atoms with Crippen molar-refractivity contribution < 1.29 is 8.63 Å². The first-order chi connectivity index (χ1) is 12.7. The van der Waals surface area contributed by atoms with Crippen LogP contribution < -0.4 is 5.32 Å². The Kier molecular flexibility index (Phi) is 5.07. The Balaban J connectivity index is 1.47. The van der Waals surface area contributed by atoms with Gasteiger partial charge in [-0.1, -0.05) is 37.5 Å². The van der Waals surface area contributed by atoms with Crippen LogP contribution in [0, 0.1) is 6.92 Å². The number of hydrogen-bond donors (Lipinski definition) is 1. The Morgan fingerprint density at radius 2 is 2.00 bits per heavy atom. The Bertz CT molecular complexity index is 929. The van der Waals surface area contributed by atoms with Gasteiger partial charge in [0.25, 0.3) is 6.01 Å². The van der Waals surface area contributed by atoms with Crippen molar-refractivity contribution in [2.75, 3.05) is 5.32 Å². The Morgan fingerprint density at radius 3 is 2.85 bits per heavy atom. The molecule has 1 aliphatic rings. The van der Waals surface area contributed by atoms with E-state index in [-0.39, 0.29) is 0 Å². The smallest absolute Gasteiger partial charge is 0.300 e. The number of fused-ring (bicyclic) bond motifs is 1. The van der Waals surface area contributed by atoms with Crippen LogP contribution >= 0.6 is 0 Å². The summed E-state index contributed by atoms with van der Waals surface area (Å²) in [6.07, 6.45) is 5.93. The minimum Gasteiger partial charge on any atom is -0.423 e. The fraction of sp³-hybridized carbons (Fsp3) is 0.381. The third-order valence-corrected chi connectivity index (χ3v) is 6.79. The third kappa shape index (κ3) is 3.98. The molecule has 0 amide bonds. The molecule has 0 aliphatic heterocycles. The average Bonchev–Trinajstić information content (AvgIpc) is 3.04. The lowest BCUT2D eigenvalue weighted by atomic mass is 10.0. The van der Waals surface area contributed by atoms with Crippen LogP contribution in [0.4, 0.5) is 11.7 Å². The first kappa shape index (κ1) is 17.3. The summed E-state index contributed by atoms with van der Waals surface area (Å²) in [4.78, 5) is 4.50. The van der Waals surface area contributed by atoms with Crippen LogP contribution in [0.2, 0.25) is 0 Å². The minimum absolute atomic E-state index is 0.362. The molecule has 136 valence electrons. The summed E-state index contributed by atoms with van der Waals surface area (Å²) in [5.74, 6) is 0.618. The maximum absolute atomic E-state index is 12.6. The number of aryl methyl sites for hydroxylation is 1. The van der Waals surface area contributed by atoms with Crippen LogP contribution in [0.15, 0.2) is 46.9 Å². The SMILES string of the molecule is Cc1ccc2oc(Nc3cccc(CS(=O)C4CCCCC4)c3)nc2c1. The first-order valence-electron chi connectivity index (χ1n) is 9.28. The number of anilines is 2. The van der Waals surface area contributed by atoms with Crippen LogP contribution in [-0.4, -0.2) is 14.4 Å². The van der Waals surface area contributed by atoms with Crippen molar-refractivity contribution in [1.29, 1.82) is 0 Å². The van der Waals surface area contributed by atoms with E-state index in [4.69, 9.17) is 4.42 Å². The topological polar surface area (TPSA) is 55.1 Å². The molecule has 1 atom stereocenters. The molecule has 0 saturated heterocycles. The largest absolute Gasteiger partial charge is 0.423 e. The van der Waals surface area contributed by atoms with E-state index in [1.54, 1.807) is 0 Å². The van der Waals surface area contributed by atoms with Gasteiger partial charge >= 0.3 is 0 Å². The van der Waals surface area contributed by atoms with E-state index in [1.165, 1.54) is 19.3 Å². The van der Waals surface area contributed by atoms with Crippen molar-refractivity contribution in [1.82, 2.24) is 4.98 Å². The molecule has 1 N–H and O–H groups in total. The van der Waals surface area contributed by atoms with Gasteiger partial charge in [0.15, 0.2) is 5.58 Å². The lowest BCUT2D eigenvalue weighted by Crippen LogP contribution is -2.19. The first-order valence-corrected chi connectivity index (χ1v) is 10.7. The normalized spacial score (nSPS) is 16.7. The number of aromatic nitrogens is 1. The summed E-state index contributed by atoms with van der Waals surface area (Å²) >= 11 is 0. The molecule has 0 spiro atoms. The van der Waals surface area contributed by atoms with Crippen LogP contribution in [-0.2, 0) is 16.6 Å². The van der Waals surface area contributed by atoms with E-state index in [2.05, 4.69) is 10.3 Å². The molecule has 1 aromatic heterocycles. The molecule has 4 rings (SSSR count). The van der Waals surface area contributed by atoms with Crippen molar-refractivity contribution >= 4 is 33.6 Å². The second-order valence-electron chi connectivity index (χ2n) is 7.10. The van der Waals surface area contributed by atoms with Gasteiger partial charge in [0, 0.05) is 27.5 Å². The van der Waals surface area contributed by atoms with Gasteiger partial charge in [0.1, 0.15) is 5.52 Å². The van der Waals surface area contributed by atoms with Gasteiger partial charge in [-0.25, -0.2) is 0 Å². The molecule has 26 heavy (non-hydrogen) atoms. The molecule has 4 nitrogen and oxygen atoms in total. The number of nitrogens with zero attached hydrogens (tertiary/aromatic N) is 1. The summed E-state index contributed by atoms with van der Waals surface area (Å²) in [5, 5.41) is 3.59. The molecular formula is C21H24N2O2S. The average molecular weight is 369 g/mol. The Hall–Kier alpha value is -2.14. The van der Waals surface area contributed by atoms with Crippen LogP contribution in [0.5, 0.6) is 0 Å². The minimum atomic E-state index is -0.794. The fourth-order valence-corrected chi connectivity index (χ4v) is 5.17. The van der Waals surface area contributed by atoms with Crippen molar-refractivity contribution in [3.05, 3.63) is 53.6 Å². The standard InChI is InChI=1S/C21H24N2O2S/c1-15-10-11-20-19(12-15)23-21(25-20)22-17-7-5-6-16(13-17)14-26(24)18-8-3-2-4-9-18/h5-7,10-13,18H,2-4,8-9,14H2,1H3,(H,22,23). The van der Waals surface area contributed by atoms with Gasteiger partial charge in [0.05, 0.1) is 0 Å². The molecular weight excluding hydrogens is 344 g/mol. The number of nitrogens with one attached hydrogen (secondary N) is 1. The summed E-state index contributed by atoms with van der Waals surface area (Å²) in [5.41, 5.74) is 4.77. The molecule has 2 aromatic carbocycles. The zero-order valence-corrected chi connectivity index (χ0v) is 15.8. The van der Waals surface area contributed by atoms with Gasteiger partial charge in [0.2, 0.25) is 0 Å². The maximum Gasteiger partial charge on any atom is 0.300 e. The predicted octanol–water partition coefficient (Wildman–Crippen LogP) is 5.46. The van der Waals surface area contributed by atoms with Crippen LogP contribution in [0.25, 0.3) is 11.1 Å². The predicted molar refractivity (Wildman–Crippen MR) is 107 cm³/mol. The summed E-state index contributed by atoms with van der Waals surface area (Å²) < 4.78 is 18.4. The van der Waals surface area contributed by atoms with Crippen molar-refractivity contribution in [3.8, 4) is 0 Å². The molecule has 0 radical (unpaired) electrons. The van der Waals surface area contributed by atoms with Crippen molar-refractivity contribution in [2.45, 2.75) is 50.0 Å². The number of oxazole rings is 1. The van der Waals surface area contributed by atoms with E-state index >= 15 is 0 Å². The monoisotopic (exact) mass is 368 g/mol. The Morgan fingerprint density at radius 1 is 1.15 bits per heavy atom. The van der Waals surface area contributed by atoms with E-state index in [0.29, 0.717) is 17.0 Å². The highest BCUT2D eigenvalue weighted by atomic mass is 32.2. The zero-order chi connectivity index (χ0) is 17.9. The molecule has 1 heterocycles. The van der Waals surface area contributed by atoms with Gasteiger partial charge in [-0.3, -0.25) is 4.21 Å². The van der Waals surface area contributed by atoms with E-state index < -0.39 is 10.8 Å². The zero-order valence-electron chi connectivity index (χ0n) is 15.0. The van der Waals surface area contributed by atoms with Gasteiger partial charge in [-0.15, -0.1) is 0 Å². The highest BCUT2D eigenvalue weighted by Crippen LogP contribution is 2.26. The molecule has 1 saturated carbocycles. The fourth-order valence-electron chi connectivity index (χ4n) is 3.56. The van der Waals surface area contributed by atoms with Crippen LogP contribution in [0.1, 0.15) is 43.2 Å². The lowest BCUT2D eigenvalue weighted by molar-refractivity contribution is 0.504. The van der Waals surface area contributed by atoms with E-state index in [0.717, 1.165) is 40.8 Å². The highest BCUT2D eigenvalue weighted by Gasteiger charge is 2.20. The summed E-state index contributed by atoms with van der Waals surface area (Å²) in [7, 11) is -0.794. The van der Waals surface area contributed by atoms with Crippen LogP contribution in [0.3, 0.4) is 0 Å². The van der Waals surface area contributed by atoms with Gasteiger partial charge in [-0.2, -0.15) is 4.98 Å². The Labute approximate surface area is 156 Å². The summed E-state index contributed by atoms with van der Waals surface area (Å²) in [6.45, 7) is 2.04. The van der Waals surface area contributed by atoms with Crippen molar-refractivity contribution in [3.63, 3.8) is 0 Å². The molecule has 1 unspecified atom stereocenters. The van der Waals surface area contributed by atoms with E-state index in [9.17, 15) is 4.21 Å². The second-order valence-corrected chi connectivity index (χ2v) is 8.82. The van der Waals surface area contributed by atoms with Gasteiger partial charge in [-0.05, 0) is 55.2 Å². The highest BCUT2D eigenvalue weighted by molar-refractivity contribution is 7.84. The molecule has 5 heteroatoms. The number of rotatable bonds is 5. The number of hydrogen-bond acceptors (Lipinski definition) is 4. The second kappa shape index (κ2) is 7.62. The quantitative estimate of drug-likeness (QED) is 0.649. The summed E-state index contributed by atoms with van der Waals surface area (Å²) in [6, 6.07) is 14.5. The lowest BCUT2D eigenvalue weighted by Gasteiger charge is -2.21. The van der Waals surface area contributed by atoms with E-state index in [1.807, 2.05) is 49.4 Å². The van der Waals surface area contributed by atoms with Crippen molar-refractivity contribution in [2.24, 2.45) is 0 Å². The molecule has 1 aliphatic carbocycles. The maximum atomic E-state index is 12.6.